The predicted octanol–water partition coefficient (Wildman–Crippen LogP) is 3.43. The van der Waals surface area contributed by atoms with Crippen molar-refractivity contribution in [2.24, 2.45) is 11.1 Å². The first-order valence-corrected chi connectivity index (χ1v) is 15.7. The maximum atomic E-state index is 15.4. The van der Waals surface area contributed by atoms with Gasteiger partial charge in [-0.15, -0.1) is 0 Å². The molecule has 0 unspecified atom stereocenters. The third-order valence-corrected chi connectivity index (χ3v) is 11.8. The van der Waals surface area contributed by atoms with Gasteiger partial charge in [0, 0.05) is 5.54 Å². The summed E-state index contributed by atoms with van der Waals surface area (Å²) >= 11 is 0. The van der Waals surface area contributed by atoms with E-state index in [1.165, 1.54) is 10.5 Å². The van der Waals surface area contributed by atoms with Crippen LogP contribution in [-0.2, 0) is 31.4 Å². The van der Waals surface area contributed by atoms with Crippen LogP contribution in [0.4, 0.5) is 10.1 Å². The van der Waals surface area contributed by atoms with Crippen molar-refractivity contribution < 1.29 is 32.3 Å². The number of halogens is 1. The number of nitrogens with one attached hydrogen (secondary N) is 1. The molecule has 2 aromatic carbocycles. The Labute approximate surface area is 238 Å². The van der Waals surface area contributed by atoms with Crippen LogP contribution in [0.25, 0.3) is 0 Å². The van der Waals surface area contributed by atoms with Gasteiger partial charge in [0.05, 0.1) is 39.9 Å². The van der Waals surface area contributed by atoms with Crippen molar-refractivity contribution in [3.63, 3.8) is 0 Å². The SMILES string of the molecule is CC1(c2ccc(CN3C(=O)[C@@H](N)CS(=O)(=O)c4cc(F)c(C(=O)NC56CCC(C(=O)O)(CC5)CC6)cc43)cc2)CC1. The number of benzene rings is 2. The number of nitrogens with zero attached hydrogens (tertiary/aromatic N) is 1. The summed E-state index contributed by atoms with van der Waals surface area (Å²) < 4.78 is 41.8. The number of fused-ring (bicyclic) bond motifs is 4. The minimum atomic E-state index is -4.14. The molecule has 4 fully saturated rings. The highest BCUT2D eigenvalue weighted by atomic mass is 32.2. The molecule has 41 heavy (non-hydrogen) atoms. The van der Waals surface area contributed by atoms with Gasteiger partial charge in [-0.25, -0.2) is 12.8 Å². The Morgan fingerprint density at radius 1 is 1.05 bits per heavy atom. The molecule has 218 valence electrons. The molecule has 1 aliphatic heterocycles. The van der Waals surface area contributed by atoms with E-state index < -0.39 is 56.2 Å². The molecule has 1 atom stereocenters. The molecule has 4 aliphatic carbocycles. The van der Waals surface area contributed by atoms with Crippen molar-refractivity contribution in [1.82, 2.24) is 5.32 Å². The Morgan fingerprint density at radius 3 is 2.22 bits per heavy atom. The van der Waals surface area contributed by atoms with Gasteiger partial charge in [-0.2, -0.15) is 0 Å². The standard InChI is InChI=1S/C30H34FN3O6S/c1-28(6-7-28)19-4-2-18(3-5-19)16-34-23-14-20(21(31)15-24(23)41(39,40)17-22(32)26(34)36)25(35)33-30-11-8-29(9-12-30,10-13-30)27(37)38/h2-5,14-15,22H,6-13,16-17,32H2,1H3,(H,33,35)(H,37,38)/t22-,29?,30?/m0/s1. The Kier molecular flexibility index (Phi) is 6.35. The second-order valence-electron chi connectivity index (χ2n) is 12.7. The summed E-state index contributed by atoms with van der Waals surface area (Å²) in [5.41, 5.74) is 6.21. The van der Waals surface area contributed by atoms with E-state index in [1.54, 1.807) is 0 Å². The van der Waals surface area contributed by atoms with Gasteiger partial charge in [-0.3, -0.25) is 14.4 Å². The average molecular weight is 584 g/mol. The number of rotatable bonds is 6. The summed E-state index contributed by atoms with van der Waals surface area (Å²) in [6.07, 6.45) is 4.86. The first kappa shape index (κ1) is 27.8. The number of nitrogens with two attached hydrogens (primary N) is 1. The molecule has 1 heterocycles. The van der Waals surface area contributed by atoms with Crippen molar-refractivity contribution in [2.45, 2.75) is 86.7 Å². The smallest absolute Gasteiger partial charge is 0.309 e. The lowest BCUT2D eigenvalue weighted by atomic mass is 9.57. The Morgan fingerprint density at radius 2 is 1.66 bits per heavy atom. The largest absolute Gasteiger partial charge is 0.481 e. The number of hydrogen-bond acceptors (Lipinski definition) is 6. The molecule has 0 saturated heterocycles. The fourth-order valence-electron chi connectivity index (χ4n) is 6.73. The van der Waals surface area contributed by atoms with Crippen LogP contribution in [0.2, 0.25) is 0 Å². The normalized spacial score (nSPS) is 29.4. The Balaban J connectivity index is 1.33. The monoisotopic (exact) mass is 583 g/mol. The zero-order chi connectivity index (χ0) is 29.4. The highest BCUT2D eigenvalue weighted by Gasteiger charge is 2.53. The van der Waals surface area contributed by atoms with Crippen molar-refractivity contribution in [1.29, 1.82) is 0 Å². The number of hydrogen-bond donors (Lipinski definition) is 3. The lowest BCUT2D eigenvalue weighted by Gasteiger charge is -2.51. The van der Waals surface area contributed by atoms with Gasteiger partial charge in [0.1, 0.15) is 5.82 Å². The molecule has 2 amide bonds. The fourth-order valence-corrected chi connectivity index (χ4v) is 8.30. The molecule has 2 aromatic rings. The third kappa shape index (κ3) is 4.72. The number of amides is 2. The topological polar surface area (TPSA) is 147 Å². The van der Waals surface area contributed by atoms with E-state index in [0.29, 0.717) is 38.5 Å². The number of aliphatic carboxylic acids is 1. The summed E-state index contributed by atoms with van der Waals surface area (Å²) in [5, 5.41) is 12.6. The van der Waals surface area contributed by atoms with Crippen LogP contribution in [-0.4, -0.2) is 48.6 Å². The van der Waals surface area contributed by atoms with Crippen LogP contribution in [0.1, 0.15) is 79.8 Å². The van der Waals surface area contributed by atoms with Crippen molar-refractivity contribution in [3.05, 3.63) is 58.9 Å². The molecule has 0 radical (unpaired) electrons. The molecule has 4 saturated carbocycles. The summed E-state index contributed by atoms with van der Waals surface area (Å²) in [5.74, 6) is -3.87. The van der Waals surface area contributed by atoms with Gasteiger partial charge in [0.15, 0.2) is 9.84 Å². The Bertz CT molecular complexity index is 1540. The molecule has 0 aromatic heterocycles. The van der Waals surface area contributed by atoms with Crippen molar-refractivity contribution in [2.75, 3.05) is 10.7 Å². The van der Waals surface area contributed by atoms with E-state index in [4.69, 9.17) is 5.73 Å². The van der Waals surface area contributed by atoms with Crippen LogP contribution in [0.15, 0.2) is 41.3 Å². The molecule has 9 nitrogen and oxygen atoms in total. The quantitative estimate of drug-likeness (QED) is 0.472. The third-order valence-electron chi connectivity index (χ3n) is 9.97. The first-order valence-electron chi connectivity index (χ1n) is 14.1. The van der Waals surface area contributed by atoms with Gasteiger partial charge in [-0.05, 0) is 80.0 Å². The summed E-state index contributed by atoms with van der Waals surface area (Å²) in [6.45, 7) is 2.18. The first-order chi connectivity index (χ1) is 19.3. The summed E-state index contributed by atoms with van der Waals surface area (Å²) in [7, 11) is -4.14. The molecular weight excluding hydrogens is 549 g/mol. The second kappa shape index (κ2) is 9.35. The van der Waals surface area contributed by atoms with Crippen molar-refractivity contribution in [3.8, 4) is 0 Å². The maximum absolute atomic E-state index is 15.4. The minimum absolute atomic E-state index is 0.0000520. The molecule has 7 rings (SSSR count). The van der Waals surface area contributed by atoms with Crippen LogP contribution >= 0.6 is 0 Å². The fraction of sp³-hybridized carbons (Fsp3) is 0.500. The lowest BCUT2D eigenvalue weighted by Crippen LogP contribution is -2.58. The van der Waals surface area contributed by atoms with Crippen molar-refractivity contribution >= 4 is 33.3 Å². The number of sulfone groups is 1. The second-order valence-corrected chi connectivity index (χ2v) is 14.7. The molecule has 0 spiro atoms. The molecule has 2 bridgehead atoms. The van der Waals surface area contributed by atoms with E-state index in [-0.39, 0.29) is 28.1 Å². The summed E-state index contributed by atoms with van der Waals surface area (Å²) in [4.78, 5) is 39.5. The van der Waals surface area contributed by atoms with E-state index in [9.17, 15) is 27.9 Å². The van der Waals surface area contributed by atoms with Crippen LogP contribution < -0.4 is 16.0 Å². The molecule has 11 heteroatoms. The van der Waals surface area contributed by atoms with Crippen LogP contribution in [0, 0.1) is 11.2 Å². The molecule has 4 N–H and O–H groups in total. The maximum Gasteiger partial charge on any atom is 0.309 e. The lowest BCUT2D eigenvalue weighted by molar-refractivity contribution is -0.156. The zero-order valence-corrected chi connectivity index (χ0v) is 23.7. The van der Waals surface area contributed by atoms with Gasteiger partial charge in [0.2, 0.25) is 5.91 Å². The summed E-state index contributed by atoms with van der Waals surface area (Å²) in [6, 6.07) is 8.36. The highest BCUT2D eigenvalue weighted by molar-refractivity contribution is 7.91. The van der Waals surface area contributed by atoms with Crippen LogP contribution in [0.3, 0.4) is 0 Å². The van der Waals surface area contributed by atoms with E-state index in [2.05, 4.69) is 12.2 Å². The van der Waals surface area contributed by atoms with E-state index in [0.717, 1.165) is 30.5 Å². The minimum Gasteiger partial charge on any atom is -0.481 e. The average Bonchev–Trinajstić information content (AvgIpc) is 3.70. The highest BCUT2D eigenvalue weighted by Crippen LogP contribution is 2.52. The van der Waals surface area contributed by atoms with E-state index >= 15 is 4.39 Å². The van der Waals surface area contributed by atoms with Gasteiger partial charge in [-0.1, -0.05) is 31.2 Å². The van der Waals surface area contributed by atoms with Gasteiger partial charge >= 0.3 is 5.97 Å². The van der Waals surface area contributed by atoms with Crippen LogP contribution in [0.5, 0.6) is 0 Å². The number of carbonyl (C=O) groups excluding carboxylic acids is 2. The number of carbonyl (C=O) groups is 3. The Hall–Kier alpha value is -3.31. The number of anilines is 1. The number of carboxylic acids is 1. The van der Waals surface area contributed by atoms with Gasteiger partial charge < -0.3 is 21.1 Å². The molecule has 5 aliphatic rings. The van der Waals surface area contributed by atoms with Gasteiger partial charge in [0.25, 0.3) is 5.91 Å². The predicted molar refractivity (Wildman–Crippen MR) is 149 cm³/mol. The molecular formula is C30H34FN3O6S. The zero-order valence-electron chi connectivity index (χ0n) is 22.9. The number of carboxylic acid groups (broad SMARTS) is 1. The van der Waals surface area contributed by atoms with E-state index in [1.807, 2.05) is 24.3 Å².